The van der Waals surface area contributed by atoms with Gasteiger partial charge in [-0.25, -0.2) is 8.42 Å². The molecule has 1 N–H and O–H groups in total. The van der Waals surface area contributed by atoms with Gasteiger partial charge in [-0.2, -0.15) is 4.31 Å². The van der Waals surface area contributed by atoms with Crippen molar-refractivity contribution in [3.05, 3.63) is 17.7 Å². The van der Waals surface area contributed by atoms with Crippen LogP contribution in [0.4, 0.5) is 0 Å². The molecule has 0 radical (unpaired) electrons. The molecule has 0 spiro atoms. The molecule has 3 rings (SSSR count). The lowest BCUT2D eigenvalue weighted by molar-refractivity contribution is -0.142. The lowest BCUT2D eigenvalue weighted by Gasteiger charge is -2.32. The molecule has 1 atom stereocenters. The molecule has 2 heterocycles. The minimum Gasteiger partial charge on any atom is -0.480 e. The Morgan fingerprint density at radius 2 is 1.95 bits per heavy atom. The van der Waals surface area contributed by atoms with Crippen LogP contribution in [-0.2, 0) is 14.8 Å². The largest absolute Gasteiger partial charge is 0.480 e. The minimum atomic E-state index is -3.89. The third-order valence-corrected chi connectivity index (χ3v) is 6.05. The van der Waals surface area contributed by atoms with Crippen molar-refractivity contribution in [1.82, 2.24) is 4.31 Å². The molecule has 22 heavy (non-hydrogen) atoms. The second-order valence-corrected chi connectivity index (χ2v) is 7.30. The molecule has 8 heteroatoms. The van der Waals surface area contributed by atoms with Crippen molar-refractivity contribution >= 4 is 16.0 Å². The van der Waals surface area contributed by atoms with E-state index >= 15 is 0 Å². The molecule has 2 aliphatic heterocycles. The van der Waals surface area contributed by atoms with E-state index in [1.165, 1.54) is 6.07 Å². The quantitative estimate of drug-likeness (QED) is 0.901. The fourth-order valence-electron chi connectivity index (χ4n) is 2.87. The Bertz CT molecular complexity index is 714. The summed E-state index contributed by atoms with van der Waals surface area (Å²) in [6, 6.07) is 2.01. The first kappa shape index (κ1) is 15.1. The topological polar surface area (TPSA) is 93.1 Å². The Morgan fingerprint density at radius 3 is 2.64 bits per heavy atom. The van der Waals surface area contributed by atoms with Crippen LogP contribution >= 0.6 is 0 Å². The molecule has 0 bridgehead atoms. The molecule has 1 aromatic rings. The van der Waals surface area contributed by atoms with Crippen molar-refractivity contribution < 1.29 is 27.8 Å². The number of carboxylic acids is 1. The zero-order chi connectivity index (χ0) is 15.9. The molecular weight excluding hydrogens is 310 g/mol. The second kappa shape index (κ2) is 5.44. The average Bonchev–Trinajstić information content (AvgIpc) is 2.93. The zero-order valence-electron chi connectivity index (χ0n) is 12.1. The van der Waals surface area contributed by atoms with Crippen molar-refractivity contribution in [1.29, 1.82) is 0 Å². The highest BCUT2D eigenvalue weighted by Gasteiger charge is 2.38. The summed E-state index contributed by atoms with van der Waals surface area (Å²) in [6.07, 6.45) is 1.70. The van der Waals surface area contributed by atoms with Gasteiger partial charge in [0.25, 0.3) is 0 Å². The highest BCUT2D eigenvalue weighted by atomic mass is 32.2. The first-order valence-corrected chi connectivity index (χ1v) is 8.50. The van der Waals surface area contributed by atoms with Gasteiger partial charge in [-0.1, -0.05) is 0 Å². The number of aliphatic carboxylic acids is 1. The van der Waals surface area contributed by atoms with Crippen LogP contribution in [0.5, 0.6) is 11.5 Å². The zero-order valence-corrected chi connectivity index (χ0v) is 12.9. The van der Waals surface area contributed by atoms with Crippen molar-refractivity contribution in [2.75, 3.05) is 13.3 Å². The number of piperidine rings is 1. The molecule has 1 aromatic carbocycles. The number of fused-ring (bicyclic) bond motifs is 1. The summed E-state index contributed by atoms with van der Waals surface area (Å²) in [6.45, 7) is 1.93. The summed E-state index contributed by atoms with van der Waals surface area (Å²) in [4.78, 5) is 11.4. The predicted octanol–water partition coefficient (Wildman–Crippen LogP) is 1.35. The number of hydrogen-bond donors (Lipinski definition) is 1. The van der Waals surface area contributed by atoms with Crippen LogP contribution in [0, 0.1) is 6.92 Å². The molecule has 0 amide bonds. The van der Waals surface area contributed by atoms with Crippen molar-refractivity contribution in [3.8, 4) is 11.5 Å². The van der Waals surface area contributed by atoms with E-state index in [1.807, 2.05) is 0 Å². The van der Waals surface area contributed by atoms with Crippen LogP contribution in [0.2, 0.25) is 0 Å². The minimum absolute atomic E-state index is 0.0553. The highest BCUT2D eigenvalue weighted by molar-refractivity contribution is 7.89. The van der Waals surface area contributed by atoms with Crippen molar-refractivity contribution in [2.24, 2.45) is 0 Å². The molecule has 0 aromatic heterocycles. The standard InChI is InChI=1S/C14H17NO6S/c1-9-6-11-12(21-8-20-11)7-13(9)22(18,19)15-5-3-2-4-10(15)14(16)17/h6-7,10H,2-5,8H2,1H3,(H,16,17). The average molecular weight is 327 g/mol. The molecule has 2 aliphatic rings. The van der Waals surface area contributed by atoms with Gasteiger partial charge in [0.05, 0.1) is 4.90 Å². The van der Waals surface area contributed by atoms with Crippen LogP contribution in [0.1, 0.15) is 24.8 Å². The van der Waals surface area contributed by atoms with Crippen LogP contribution in [0.3, 0.4) is 0 Å². The van der Waals surface area contributed by atoms with E-state index < -0.39 is 22.0 Å². The van der Waals surface area contributed by atoms with E-state index in [2.05, 4.69) is 0 Å². The van der Waals surface area contributed by atoms with E-state index in [9.17, 15) is 18.3 Å². The predicted molar refractivity (Wildman–Crippen MR) is 76.5 cm³/mol. The van der Waals surface area contributed by atoms with Gasteiger partial charge >= 0.3 is 5.97 Å². The third-order valence-electron chi connectivity index (χ3n) is 4.00. The van der Waals surface area contributed by atoms with Crippen LogP contribution in [-0.4, -0.2) is 43.2 Å². The summed E-state index contributed by atoms with van der Waals surface area (Å²) < 4.78 is 37.3. The normalized spacial score (nSPS) is 21.8. The Balaban J connectivity index is 2.04. The fourth-order valence-corrected chi connectivity index (χ4v) is 4.74. The smallest absolute Gasteiger partial charge is 0.322 e. The van der Waals surface area contributed by atoms with Gasteiger partial charge in [-0.05, 0) is 37.8 Å². The summed E-state index contributed by atoms with van der Waals surface area (Å²) >= 11 is 0. The van der Waals surface area contributed by atoms with E-state index in [4.69, 9.17) is 9.47 Å². The van der Waals surface area contributed by atoms with Gasteiger partial charge in [0, 0.05) is 12.6 Å². The lowest BCUT2D eigenvalue weighted by Crippen LogP contribution is -2.47. The van der Waals surface area contributed by atoms with E-state index in [1.54, 1.807) is 13.0 Å². The van der Waals surface area contributed by atoms with Gasteiger partial charge in [-0.3, -0.25) is 4.79 Å². The third kappa shape index (κ3) is 2.42. The summed E-state index contributed by atoms with van der Waals surface area (Å²) in [7, 11) is -3.89. The summed E-state index contributed by atoms with van der Waals surface area (Å²) in [5.74, 6) is -0.236. The number of aryl methyl sites for hydroxylation is 1. The van der Waals surface area contributed by atoms with Crippen LogP contribution in [0.15, 0.2) is 17.0 Å². The maximum Gasteiger partial charge on any atom is 0.322 e. The molecule has 1 unspecified atom stereocenters. The van der Waals surface area contributed by atoms with Gasteiger partial charge in [0.15, 0.2) is 11.5 Å². The molecule has 0 aliphatic carbocycles. The van der Waals surface area contributed by atoms with Gasteiger partial charge in [-0.15, -0.1) is 0 Å². The van der Waals surface area contributed by atoms with Crippen molar-refractivity contribution in [3.63, 3.8) is 0 Å². The highest BCUT2D eigenvalue weighted by Crippen LogP contribution is 2.38. The number of carbonyl (C=O) groups is 1. The number of hydrogen-bond acceptors (Lipinski definition) is 5. The van der Waals surface area contributed by atoms with Crippen LogP contribution < -0.4 is 9.47 Å². The molecule has 0 saturated carbocycles. The van der Waals surface area contributed by atoms with Crippen molar-refractivity contribution in [2.45, 2.75) is 37.1 Å². The Hall–Kier alpha value is -1.80. The Labute approximate surface area is 128 Å². The monoisotopic (exact) mass is 327 g/mol. The summed E-state index contributed by atoms with van der Waals surface area (Å²) in [5.41, 5.74) is 0.513. The SMILES string of the molecule is Cc1cc2c(cc1S(=O)(=O)N1CCCCC1C(=O)O)OCO2. The number of ether oxygens (including phenoxy) is 2. The maximum atomic E-state index is 12.9. The van der Waals surface area contributed by atoms with E-state index in [0.29, 0.717) is 36.3 Å². The van der Waals surface area contributed by atoms with Gasteiger partial charge in [0.1, 0.15) is 6.04 Å². The lowest BCUT2D eigenvalue weighted by atomic mass is 10.1. The van der Waals surface area contributed by atoms with Gasteiger partial charge < -0.3 is 14.6 Å². The Kier molecular flexibility index (Phi) is 3.73. The molecule has 1 saturated heterocycles. The molecule has 120 valence electrons. The molecule has 1 fully saturated rings. The first-order chi connectivity index (χ1) is 10.4. The first-order valence-electron chi connectivity index (χ1n) is 7.06. The molecular formula is C14H17NO6S. The molecule has 7 nitrogen and oxygen atoms in total. The second-order valence-electron chi connectivity index (χ2n) is 5.44. The number of sulfonamides is 1. The number of nitrogens with zero attached hydrogens (tertiary/aromatic N) is 1. The van der Waals surface area contributed by atoms with E-state index in [0.717, 1.165) is 4.31 Å². The number of benzene rings is 1. The fraction of sp³-hybridized carbons (Fsp3) is 0.500. The maximum absolute atomic E-state index is 12.9. The summed E-state index contributed by atoms with van der Waals surface area (Å²) in [5, 5.41) is 9.29. The van der Waals surface area contributed by atoms with Gasteiger partial charge in [0.2, 0.25) is 16.8 Å². The number of carboxylic acid groups (broad SMARTS) is 1. The number of rotatable bonds is 3. The van der Waals surface area contributed by atoms with E-state index in [-0.39, 0.29) is 18.2 Å². The van der Waals surface area contributed by atoms with Crippen LogP contribution in [0.25, 0.3) is 0 Å². The Morgan fingerprint density at radius 1 is 1.27 bits per heavy atom.